The van der Waals surface area contributed by atoms with Gasteiger partial charge in [-0.05, 0) is 24.5 Å². The third kappa shape index (κ3) is 2.85. The molecule has 18 heavy (non-hydrogen) atoms. The average Bonchev–Trinajstić information content (AvgIpc) is 2.35. The number of nitrogen functional groups attached to an aromatic ring is 2. The van der Waals surface area contributed by atoms with Gasteiger partial charge in [-0.25, -0.2) is 4.98 Å². The highest BCUT2D eigenvalue weighted by Gasteiger charge is 2.05. The van der Waals surface area contributed by atoms with E-state index in [4.69, 9.17) is 11.5 Å². The van der Waals surface area contributed by atoms with E-state index in [0.717, 1.165) is 11.8 Å². The van der Waals surface area contributed by atoms with Crippen molar-refractivity contribution in [2.45, 2.75) is 39.0 Å². The zero-order chi connectivity index (χ0) is 13.0. The van der Waals surface area contributed by atoms with Gasteiger partial charge in [0.15, 0.2) is 5.65 Å². The van der Waals surface area contributed by atoms with Gasteiger partial charge < -0.3 is 11.5 Å². The lowest BCUT2D eigenvalue weighted by molar-refractivity contribution is 0.666. The SMILES string of the molecule is CCCCCCc1cnc2nc(N)nc(N)c2c1. The van der Waals surface area contributed by atoms with Crippen LogP contribution in [0.5, 0.6) is 0 Å². The van der Waals surface area contributed by atoms with Crippen LogP contribution in [0.25, 0.3) is 11.0 Å². The smallest absolute Gasteiger partial charge is 0.224 e. The van der Waals surface area contributed by atoms with Crippen molar-refractivity contribution in [1.29, 1.82) is 0 Å². The first-order valence-corrected chi connectivity index (χ1v) is 6.38. The Bertz CT molecular complexity index is 538. The van der Waals surface area contributed by atoms with Crippen molar-refractivity contribution in [3.8, 4) is 0 Å². The van der Waals surface area contributed by atoms with E-state index in [9.17, 15) is 0 Å². The zero-order valence-corrected chi connectivity index (χ0v) is 10.7. The third-order valence-electron chi connectivity index (χ3n) is 2.97. The summed E-state index contributed by atoms with van der Waals surface area (Å²) in [5.74, 6) is 0.573. The highest BCUT2D eigenvalue weighted by Crippen LogP contribution is 2.19. The molecular weight excluding hydrogens is 226 g/mol. The number of nitrogens with zero attached hydrogens (tertiary/aromatic N) is 3. The molecule has 2 aromatic heterocycles. The minimum Gasteiger partial charge on any atom is -0.383 e. The number of unbranched alkanes of at least 4 members (excludes halogenated alkanes) is 3. The number of anilines is 2. The second-order valence-electron chi connectivity index (χ2n) is 4.49. The molecule has 5 heteroatoms. The summed E-state index contributed by atoms with van der Waals surface area (Å²) in [5, 5.41) is 0.789. The molecule has 96 valence electrons. The first-order chi connectivity index (χ1) is 8.70. The van der Waals surface area contributed by atoms with E-state index in [1.54, 1.807) is 0 Å². The van der Waals surface area contributed by atoms with Crippen molar-refractivity contribution >= 4 is 22.8 Å². The molecule has 2 rings (SSSR count). The van der Waals surface area contributed by atoms with Crippen LogP contribution in [0.1, 0.15) is 38.2 Å². The molecule has 0 aromatic carbocycles. The van der Waals surface area contributed by atoms with E-state index in [-0.39, 0.29) is 5.95 Å². The molecular formula is C13H19N5. The van der Waals surface area contributed by atoms with Gasteiger partial charge in [-0.15, -0.1) is 0 Å². The van der Waals surface area contributed by atoms with Crippen LogP contribution in [-0.2, 0) is 6.42 Å². The molecule has 5 nitrogen and oxygen atoms in total. The standard InChI is InChI=1S/C13H19N5/c1-2-3-4-5-6-9-7-10-11(14)17-13(15)18-12(10)16-8-9/h7-8H,2-6H2,1H3,(H4,14,15,16,17,18). The second kappa shape index (κ2) is 5.62. The Balaban J connectivity index is 2.17. The maximum absolute atomic E-state index is 5.83. The maximum atomic E-state index is 5.83. The summed E-state index contributed by atoms with van der Waals surface area (Å²) in [7, 11) is 0. The van der Waals surface area contributed by atoms with E-state index in [1.165, 1.54) is 31.2 Å². The van der Waals surface area contributed by atoms with Crippen LogP contribution in [0.3, 0.4) is 0 Å². The summed E-state index contributed by atoms with van der Waals surface area (Å²) in [6, 6.07) is 2.02. The Labute approximate surface area is 107 Å². The van der Waals surface area contributed by atoms with Crippen LogP contribution in [0.4, 0.5) is 11.8 Å². The van der Waals surface area contributed by atoms with Gasteiger partial charge in [0.2, 0.25) is 5.95 Å². The van der Waals surface area contributed by atoms with E-state index in [0.29, 0.717) is 11.5 Å². The number of hydrogen-bond donors (Lipinski definition) is 2. The maximum Gasteiger partial charge on any atom is 0.224 e. The normalized spacial score (nSPS) is 10.9. The van der Waals surface area contributed by atoms with Gasteiger partial charge in [0.25, 0.3) is 0 Å². The number of pyridine rings is 1. The third-order valence-corrected chi connectivity index (χ3v) is 2.97. The molecule has 4 N–H and O–H groups in total. The Morgan fingerprint density at radius 2 is 1.94 bits per heavy atom. The molecule has 0 unspecified atom stereocenters. The molecule has 0 aliphatic rings. The van der Waals surface area contributed by atoms with Crippen molar-refractivity contribution in [1.82, 2.24) is 15.0 Å². The van der Waals surface area contributed by atoms with Crippen molar-refractivity contribution < 1.29 is 0 Å². The Kier molecular flexibility index (Phi) is 3.92. The van der Waals surface area contributed by atoms with Crippen molar-refractivity contribution in [2.75, 3.05) is 11.5 Å². The van der Waals surface area contributed by atoms with Gasteiger partial charge >= 0.3 is 0 Å². The topological polar surface area (TPSA) is 90.7 Å². The second-order valence-corrected chi connectivity index (χ2v) is 4.49. The number of fused-ring (bicyclic) bond motifs is 1. The number of rotatable bonds is 5. The predicted octanol–water partition coefficient (Wildman–Crippen LogP) is 2.31. The Hall–Kier alpha value is -1.91. The molecule has 0 aliphatic carbocycles. The molecule has 0 radical (unpaired) electrons. The highest BCUT2D eigenvalue weighted by atomic mass is 15.1. The molecule has 0 aliphatic heterocycles. The zero-order valence-electron chi connectivity index (χ0n) is 10.7. The fourth-order valence-electron chi connectivity index (χ4n) is 1.99. The number of aryl methyl sites for hydroxylation is 1. The molecule has 0 bridgehead atoms. The fourth-order valence-corrected chi connectivity index (χ4v) is 1.99. The first kappa shape index (κ1) is 12.5. The van der Waals surface area contributed by atoms with Crippen molar-refractivity contribution in [3.63, 3.8) is 0 Å². The van der Waals surface area contributed by atoms with Gasteiger partial charge in [-0.3, -0.25) is 0 Å². The molecule has 2 heterocycles. The van der Waals surface area contributed by atoms with Gasteiger partial charge in [0.1, 0.15) is 5.82 Å². The summed E-state index contributed by atoms with van der Waals surface area (Å²) in [4.78, 5) is 12.3. The summed E-state index contributed by atoms with van der Waals surface area (Å²) < 4.78 is 0. The van der Waals surface area contributed by atoms with Gasteiger partial charge in [0, 0.05) is 6.20 Å². The lowest BCUT2D eigenvalue weighted by Crippen LogP contribution is -2.02. The monoisotopic (exact) mass is 245 g/mol. The van der Waals surface area contributed by atoms with E-state index >= 15 is 0 Å². The van der Waals surface area contributed by atoms with Crippen LogP contribution in [0.2, 0.25) is 0 Å². The molecule has 0 atom stereocenters. The van der Waals surface area contributed by atoms with Crippen LogP contribution in [-0.4, -0.2) is 15.0 Å². The van der Waals surface area contributed by atoms with E-state index < -0.39 is 0 Å². The molecule has 0 spiro atoms. The van der Waals surface area contributed by atoms with Crippen LogP contribution in [0.15, 0.2) is 12.3 Å². The number of nitrogens with two attached hydrogens (primary N) is 2. The summed E-state index contributed by atoms with van der Waals surface area (Å²) in [6.07, 6.45) is 7.82. The Morgan fingerprint density at radius 1 is 1.11 bits per heavy atom. The van der Waals surface area contributed by atoms with Crippen LogP contribution in [0, 0.1) is 0 Å². The molecule has 0 amide bonds. The lowest BCUT2D eigenvalue weighted by Gasteiger charge is -2.05. The summed E-state index contributed by atoms with van der Waals surface area (Å²) in [6.45, 7) is 2.21. The fraction of sp³-hybridized carbons (Fsp3) is 0.462. The Morgan fingerprint density at radius 3 is 2.72 bits per heavy atom. The van der Waals surface area contributed by atoms with Crippen molar-refractivity contribution in [2.24, 2.45) is 0 Å². The minimum atomic E-state index is 0.170. The summed E-state index contributed by atoms with van der Waals surface area (Å²) >= 11 is 0. The van der Waals surface area contributed by atoms with Crippen LogP contribution < -0.4 is 11.5 Å². The van der Waals surface area contributed by atoms with Gasteiger partial charge in [-0.2, -0.15) is 9.97 Å². The molecule has 0 saturated heterocycles. The number of hydrogen-bond acceptors (Lipinski definition) is 5. The van der Waals surface area contributed by atoms with E-state index in [2.05, 4.69) is 21.9 Å². The van der Waals surface area contributed by atoms with E-state index in [1.807, 2.05) is 12.3 Å². The number of aromatic nitrogens is 3. The minimum absolute atomic E-state index is 0.170. The van der Waals surface area contributed by atoms with Crippen LogP contribution >= 0.6 is 0 Å². The highest BCUT2D eigenvalue weighted by molar-refractivity contribution is 5.86. The summed E-state index contributed by atoms with van der Waals surface area (Å²) in [5.41, 5.74) is 13.1. The predicted molar refractivity (Wildman–Crippen MR) is 74.0 cm³/mol. The molecule has 2 aromatic rings. The van der Waals surface area contributed by atoms with Gasteiger partial charge in [0.05, 0.1) is 5.39 Å². The largest absolute Gasteiger partial charge is 0.383 e. The first-order valence-electron chi connectivity index (χ1n) is 6.38. The van der Waals surface area contributed by atoms with Gasteiger partial charge in [-0.1, -0.05) is 26.2 Å². The molecule has 0 fully saturated rings. The quantitative estimate of drug-likeness (QED) is 0.789. The lowest BCUT2D eigenvalue weighted by atomic mass is 10.1. The van der Waals surface area contributed by atoms with Crippen molar-refractivity contribution in [3.05, 3.63) is 17.8 Å². The average molecular weight is 245 g/mol. The molecule has 0 saturated carbocycles.